The summed E-state index contributed by atoms with van der Waals surface area (Å²) in [6.07, 6.45) is 0. The van der Waals surface area contributed by atoms with E-state index in [2.05, 4.69) is 5.16 Å². The van der Waals surface area contributed by atoms with E-state index in [4.69, 9.17) is 28.4 Å². The average Bonchev–Trinajstić information content (AvgIpc) is 2.16. The van der Waals surface area contributed by atoms with Crippen molar-refractivity contribution in [3.05, 3.63) is 38.9 Å². The minimum atomic E-state index is -0.640. The molecule has 0 aliphatic rings. The number of hydrogen-bond donors (Lipinski definition) is 1. The normalized spacial score (nSPS) is 11.4. The maximum atomic E-state index is 10.5. The molecule has 14 heavy (non-hydrogen) atoms. The molecule has 0 aliphatic heterocycles. The van der Waals surface area contributed by atoms with Gasteiger partial charge in [-0.2, -0.15) is 0 Å². The van der Waals surface area contributed by atoms with E-state index >= 15 is 0 Å². The summed E-state index contributed by atoms with van der Waals surface area (Å²) < 4.78 is 0. The van der Waals surface area contributed by atoms with Gasteiger partial charge in [-0.1, -0.05) is 28.4 Å². The Morgan fingerprint density at radius 2 is 2.21 bits per heavy atom. The highest BCUT2D eigenvalue weighted by atomic mass is 35.5. The van der Waals surface area contributed by atoms with Crippen LogP contribution in [0.5, 0.6) is 0 Å². The number of nitro groups is 1. The van der Waals surface area contributed by atoms with Crippen molar-refractivity contribution < 1.29 is 10.1 Å². The summed E-state index contributed by atoms with van der Waals surface area (Å²) in [6, 6.07) is 3.79. The Morgan fingerprint density at radius 3 is 2.71 bits per heavy atom. The van der Waals surface area contributed by atoms with Crippen LogP contribution in [0.1, 0.15) is 5.56 Å². The molecule has 0 unspecified atom stereocenters. The van der Waals surface area contributed by atoms with E-state index in [0.29, 0.717) is 0 Å². The van der Waals surface area contributed by atoms with Gasteiger partial charge in [0.2, 0.25) is 0 Å². The Morgan fingerprint density at radius 1 is 1.57 bits per heavy atom. The molecular weight excluding hydrogens is 231 g/mol. The fourth-order valence-corrected chi connectivity index (χ4v) is 1.21. The van der Waals surface area contributed by atoms with Crippen LogP contribution in [0.25, 0.3) is 0 Å². The molecule has 0 fully saturated rings. The van der Waals surface area contributed by atoms with Crippen LogP contribution in [-0.2, 0) is 0 Å². The van der Waals surface area contributed by atoms with E-state index in [0.717, 1.165) is 0 Å². The van der Waals surface area contributed by atoms with Crippen molar-refractivity contribution in [1.29, 1.82) is 0 Å². The average molecular weight is 235 g/mol. The summed E-state index contributed by atoms with van der Waals surface area (Å²) in [4.78, 5) is 9.88. The summed E-state index contributed by atoms with van der Waals surface area (Å²) in [5.74, 6) is 0. The zero-order valence-electron chi connectivity index (χ0n) is 6.65. The van der Waals surface area contributed by atoms with Crippen LogP contribution < -0.4 is 0 Å². The van der Waals surface area contributed by atoms with Crippen molar-refractivity contribution in [3.8, 4) is 0 Å². The number of nitro benzene ring substituents is 1. The Labute approximate surface area is 88.7 Å². The van der Waals surface area contributed by atoms with Crippen molar-refractivity contribution in [2.75, 3.05) is 0 Å². The van der Waals surface area contributed by atoms with E-state index < -0.39 is 4.92 Å². The molecule has 0 saturated heterocycles. The highest BCUT2D eigenvalue weighted by Crippen LogP contribution is 2.24. The first kappa shape index (κ1) is 10.7. The number of nitrogens with zero attached hydrogens (tertiary/aromatic N) is 2. The van der Waals surface area contributed by atoms with Gasteiger partial charge < -0.3 is 5.21 Å². The van der Waals surface area contributed by atoms with Gasteiger partial charge in [0.15, 0.2) is 5.17 Å². The highest BCUT2D eigenvalue weighted by molar-refractivity contribution is 6.70. The standard InChI is InChI=1S/C7H4Cl2N2O3/c8-4-1-2-6(11(13)14)5(3-4)7(9)10-12/h1-3,12H/b10-7+. The van der Waals surface area contributed by atoms with Gasteiger partial charge in [0.05, 0.1) is 10.5 Å². The predicted octanol–water partition coefficient (Wildman–Crippen LogP) is 2.62. The number of rotatable bonds is 2. The summed E-state index contributed by atoms with van der Waals surface area (Å²) in [6.45, 7) is 0. The molecule has 1 aromatic rings. The van der Waals surface area contributed by atoms with Gasteiger partial charge in [0.1, 0.15) is 0 Å². The lowest BCUT2D eigenvalue weighted by atomic mass is 10.2. The number of benzene rings is 1. The second-order valence-corrected chi connectivity index (χ2v) is 3.10. The molecule has 0 aromatic heterocycles. The summed E-state index contributed by atoms with van der Waals surface area (Å²) >= 11 is 11.1. The van der Waals surface area contributed by atoms with E-state index in [1.54, 1.807) is 0 Å². The molecule has 1 N–H and O–H groups in total. The zero-order chi connectivity index (χ0) is 10.7. The third-order valence-electron chi connectivity index (χ3n) is 1.47. The molecule has 0 amide bonds. The molecule has 0 atom stereocenters. The van der Waals surface area contributed by atoms with Crippen LogP contribution in [0.2, 0.25) is 5.02 Å². The minimum Gasteiger partial charge on any atom is -0.410 e. The number of oxime groups is 1. The van der Waals surface area contributed by atoms with E-state index in [1.165, 1.54) is 18.2 Å². The van der Waals surface area contributed by atoms with Crippen molar-refractivity contribution in [3.63, 3.8) is 0 Å². The SMILES string of the molecule is O=[N+]([O-])c1ccc(Cl)cc1/C(Cl)=N\O. The first-order chi connectivity index (χ1) is 6.56. The lowest BCUT2D eigenvalue weighted by Gasteiger charge is -1.99. The molecule has 0 bridgehead atoms. The summed E-state index contributed by atoms with van der Waals surface area (Å²) in [5.41, 5.74) is -0.288. The van der Waals surface area contributed by atoms with Gasteiger partial charge >= 0.3 is 0 Å². The van der Waals surface area contributed by atoms with Gasteiger partial charge in [0, 0.05) is 11.1 Å². The molecule has 5 nitrogen and oxygen atoms in total. The van der Waals surface area contributed by atoms with Crippen LogP contribution >= 0.6 is 23.2 Å². The third kappa shape index (κ3) is 2.12. The molecule has 1 aromatic carbocycles. The van der Waals surface area contributed by atoms with E-state index in [9.17, 15) is 10.1 Å². The second-order valence-electron chi connectivity index (χ2n) is 2.31. The molecule has 1 rings (SSSR count). The molecule has 0 radical (unpaired) electrons. The van der Waals surface area contributed by atoms with Gasteiger partial charge in [0.25, 0.3) is 5.69 Å². The first-order valence-electron chi connectivity index (χ1n) is 3.38. The largest absolute Gasteiger partial charge is 0.410 e. The Kier molecular flexibility index (Phi) is 3.27. The molecule has 0 spiro atoms. The topological polar surface area (TPSA) is 75.7 Å². The summed E-state index contributed by atoms with van der Waals surface area (Å²) in [7, 11) is 0. The van der Waals surface area contributed by atoms with Crippen LogP contribution in [-0.4, -0.2) is 15.3 Å². The second kappa shape index (κ2) is 4.26. The van der Waals surface area contributed by atoms with E-state index in [-0.39, 0.29) is 21.4 Å². The van der Waals surface area contributed by atoms with E-state index in [1.807, 2.05) is 0 Å². The van der Waals surface area contributed by atoms with Crippen LogP contribution in [0, 0.1) is 10.1 Å². The maximum Gasteiger partial charge on any atom is 0.279 e. The molecular formula is C7H4Cl2N2O3. The molecule has 0 heterocycles. The lowest BCUT2D eigenvalue weighted by Crippen LogP contribution is -1.99. The van der Waals surface area contributed by atoms with Gasteiger partial charge in [-0.25, -0.2) is 0 Å². The van der Waals surface area contributed by atoms with Crippen molar-refractivity contribution >= 4 is 34.1 Å². The molecule has 7 heteroatoms. The fourth-order valence-electron chi connectivity index (χ4n) is 0.887. The molecule has 0 saturated carbocycles. The minimum absolute atomic E-state index is 0.0216. The van der Waals surface area contributed by atoms with Crippen LogP contribution in [0.4, 0.5) is 5.69 Å². The fraction of sp³-hybridized carbons (Fsp3) is 0. The van der Waals surface area contributed by atoms with Crippen molar-refractivity contribution in [1.82, 2.24) is 0 Å². The molecule has 74 valence electrons. The Balaban J connectivity index is 3.37. The number of hydrogen-bond acceptors (Lipinski definition) is 4. The Bertz CT molecular complexity index is 406. The number of halogens is 2. The van der Waals surface area contributed by atoms with Crippen LogP contribution in [0.3, 0.4) is 0 Å². The van der Waals surface area contributed by atoms with Crippen molar-refractivity contribution in [2.24, 2.45) is 5.16 Å². The van der Waals surface area contributed by atoms with Crippen molar-refractivity contribution in [2.45, 2.75) is 0 Å². The lowest BCUT2D eigenvalue weighted by molar-refractivity contribution is -0.385. The quantitative estimate of drug-likeness (QED) is 0.370. The van der Waals surface area contributed by atoms with Gasteiger partial charge in [-0.3, -0.25) is 10.1 Å². The third-order valence-corrected chi connectivity index (χ3v) is 1.98. The highest BCUT2D eigenvalue weighted by Gasteiger charge is 2.17. The maximum absolute atomic E-state index is 10.5. The van der Waals surface area contributed by atoms with Gasteiger partial charge in [-0.15, -0.1) is 0 Å². The molecule has 0 aliphatic carbocycles. The van der Waals surface area contributed by atoms with Crippen LogP contribution in [0.15, 0.2) is 23.4 Å². The zero-order valence-corrected chi connectivity index (χ0v) is 8.16. The summed E-state index contributed by atoms with van der Waals surface area (Å²) in [5, 5.41) is 21.5. The Hall–Kier alpha value is -1.33. The smallest absolute Gasteiger partial charge is 0.279 e. The first-order valence-corrected chi connectivity index (χ1v) is 4.13. The van der Waals surface area contributed by atoms with Gasteiger partial charge in [-0.05, 0) is 12.1 Å². The predicted molar refractivity (Wildman–Crippen MR) is 52.3 cm³/mol. The monoisotopic (exact) mass is 234 g/mol.